The Kier molecular flexibility index (Phi) is 2.45. The number of rotatable bonds is 1. The molecule has 0 amide bonds. The van der Waals surface area contributed by atoms with Crippen LogP contribution in [0.15, 0.2) is 9.41 Å². The minimum absolute atomic E-state index is 0.572. The molecule has 0 aliphatic carbocycles. The van der Waals surface area contributed by atoms with Crippen molar-refractivity contribution in [1.29, 1.82) is 0 Å². The van der Waals surface area contributed by atoms with Crippen LogP contribution in [0.5, 0.6) is 0 Å². The van der Waals surface area contributed by atoms with E-state index in [1.165, 1.54) is 5.06 Å². The van der Waals surface area contributed by atoms with Gasteiger partial charge in [-0.05, 0) is 34.6 Å². The van der Waals surface area contributed by atoms with Crippen LogP contribution in [0.3, 0.4) is 0 Å². The van der Waals surface area contributed by atoms with Crippen LogP contribution in [-0.2, 0) is 0 Å². The van der Waals surface area contributed by atoms with Gasteiger partial charge in [0.1, 0.15) is 17.1 Å². The van der Waals surface area contributed by atoms with E-state index in [9.17, 15) is 5.21 Å². The maximum atomic E-state index is 10.2. The van der Waals surface area contributed by atoms with E-state index in [1.807, 2.05) is 34.6 Å². The van der Waals surface area contributed by atoms with E-state index in [-0.39, 0.29) is 0 Å². The predicted octanol–water partition coefficient (Wildman–Crippen LogP) is 2.30. The Hall–Kier alpha value is -1.20. The zero-order valence-corrected chi connectivity index (χ0v) is 11.2. The van der Waals surface area contributed by atoms with Crippen LogP contribution in [0.2, 0.25) is 0 Å². The largest absolute Gasteiger partial charge is 0.446 e. The molecule has 1 aliphatic heterocycles. The van der Waals surface area contributed by atoms with Gasteiger partial charge in [0.2, 0.25) is 0 Å². The van der Waals surface area contributed by atoms with E-state index in [4.69, 9.17) is 4.42 Å². The third-order valence-electron chi connectivity index (χ3n) is 3.14. The summed E-state index contributed by atoms with van der Waals surface area (Å²) in [6.45, 7) is 11.2. The number of aryl methyl sites for hydroxylation is 2. The summed E-state index contributed by atoms with van der Waals surface area (Å²) < 4.78 is 5.43. The van der Waals surface area contributed by atoms with Crippen molar-refractivity contribution in [3.63, 3.8) is 0 Å². The molecule has 0 radical (unpaired) electrons. The van der Waals surface area contributed by atoms with Gasteiger partial charge in [-0.2, -0.15) is 5.06 Å². The molecule has 0 bridgehead atoms. The molecule has 0 saturated heterocycles. The normalized spacial score (nSPS) is 22.9. The molecular formula is C12H19N3O2. The standard InChI is InChI=1S/C12H19N3O2/c1-7-9(13-8(2)17-7)10-11(3,4)15(16)12(5,6)14-10/h16H,1-6H3. The molecule has 1 aromatic rings. The zero-order valence-electron chi connectivity index (χ0n) is 11.2. The lowest BCUT2D eigenvalue weighted by Gasteiger charge is -2.33. The molecule has 2 heterocycles. The molecule has 17 heavy (non-hydrogen) atoms. The van der Waals surface area contributed by atoms with Crippen LogP contribution >= 0.6 is 0 Å². The van der Waals surface area contributed by atoms with Gasteiger partial charge in [0.15, 0.2) is 5.89 Å². The van der Waals surface area contributed by atoms with Gasteiger partial charge < -0.3 is 9.62 Å². The minimum Gasteiger partial charge on any atom is -0.446 e. The summed E-state index contributed by atoms with van der Waals surface area (Å²) in [6.07, 6.45) is 0. The summed E-state index contributed by atoms with van der Waals surface area (Å²) in [7, 11) is 0. The first-order chi connectivity index (χ1) is 7.66. The molecule has 0 spiro atoms. The lowest BCUT2D eigenvalue weighted by molar-refractivity contribution is -0.188. The van der Waals surface area contributed by atoms with Crippen molar-refractivity contribution in [3.05, 3.63) is 17.3 Å². The molecule has 5 heteroatoms. The van der Waals surface area contributed by atoms with Gasteiger partial charge in [-0.15, -0.1) is 0 Å². The molecule has 2 rings (SSSR count). The van der Waals surface area contributed by atoms with E-state index in [1.54, 1.807) is 6.92 Å². The molecule has 0 fully saturated rings. The summed E-state index contributed by atoms with van der Waals surface area (Å²) in [4.78, 5) is 8.92. The zero-order chi connectivity index (χ0) is 13.0. The average Bonchev–Trinajstić information content (AvgIpc) is 2.58. The van der Waals surface area contributed by atoms with Crippen LogP contribution in [0.25, 0.3) is 0 Å². The summed E-state index contributed by atoms with van der Waals surface area (Å²) in [6, 6.07) is 0. The number of hydrogen-bond donors (Lipinski definition) is 1. The molecule has 1 N–H and O–H groups in total. The van der Waals surface area contributed by atoms with Crippen LogP contribution in [0.1, 0.15) is 45.0 Å². The Balaban J connectivity index is 2.56. The molecule has 94 valence electrons. The van der Waals surface area contributed by atoms with E-state index in [2.05, 4.69) is 9.98 Å². The average molecular weight is 237 g/mol. The van der Waals surface area contributed by atoms with Crippen molar-refractivity contribution in [2.75, 3.05) is 0 Å². The first kappa shape index (κ1) is 12.3. The third-order valence-corrected chi connectivity index (χ3v) is 3.14. The number of aliphatic imine (C=N–C) groups is 1. The first-order valence-corrected chi connectivity index (χ1v) is 5.70. The predicted molar refractivity (Wildman–Crippen MR) is 64.3 cm³/mol. The Morgan fingerprint density at radius 2 is 1.76 bits per heavy atom. The van der Waals surface area contributed by atoms with E-state index >= 15 is 0 Å². The van der Waals surface area contributed by atoms with Gasteiger partial charge >= 0.3 is 0 Å². The lowest BCUT2D eigenvalue weighted by atomic mass is 9.95. The number of hydrogen-bond acceptors (Lipinski definition) is 5. The van der Waals surface area contributed by atoms with Gasteiger partial charge in [0.05, 0.1) is 11.3 Å². The lowest BCUT2D eigenvalue weighted by Crippen LogP contribution is -2.50. The smallest absolute Gasteiger partial charge is 0.191 e. The number of nitrogens with zero attached hydrogens (tertiary/aromatic N) is 3. The van der Waals surface area contributed by atoms with Crippen LogP contribution < -0.4 is 0 Å². The highest BCUT2D eigenvalue weighted by atomic mass is 16.5. The summed E-state index contributed by atoms with van der Waals surface area (Å²) >= 11 is 0. The fourth-order valence-electron chi connectivity index (χ4n) is 2.33. The van der Waals surface area contributed by atoms with Crippen molar-refractivity contribution in [2.24, 2.45) is 4.99 Å². The third kappa shape index (κ3) is 1.70. The second kappa shape index (κ2) is 3.40. The second-order valence-electron chi connectivity index (χ2n) is 5.46. The highest BCUT2D eigenvalue weighted by Crippen LogP contribution is 2.35. The van der Waals surface area contributed by atoms with Crippen LogP contribution in [-0.4, -0.2) is 32.2 Å². The van der Waals surface area contributed by atoms with Gasteiger partial charge in [-0.1, -0.05) is 0 Å². The first-order valence-electron chi connectivity index (χ1n) is 5.70. The van der Waals surface area contributed by atoms with Crippen molar-refractivity contribution < 1.29 is 9.62 Å². The molecule has 0 atom stereocenters. The summed E-state index contributed by atoms with van der Waals surface area (Å²) in [5.74, 6) is 1.35. The fourth-order valence-corrected chi connectivity index (χ4v) is 2.33. The van der Waals surface area contributed by atoms with E-state index in [0.717, 1.165) is 17.2 Å². The Labute approximate surface area is 101 Å². The molecule has 0 unspecified atom stereocenters. The van der Waals surface area contributed by atoms with Crippen molar-refractivity contribution in [2.45, 2.75) is 52.7 Å². The van der Waals surface area contributed by atoms with Crippen LogP contribution in [0, 0.1) is 13.8 Å². The molecular weight excluding hydrogens is 218 g/mol. The molecule has 1 aliphatic rings. The SMILES string of the molecule is Cc1nc(C2=NC(C)(C)N(O)C2(C)C)c(C)o1. The van der Waals surface area contributed by atoms with Gasteiger partial charge in [-0.25, -0.2) is 4.98 Å². The fraction of sp³-hybridized carbons (Fsp3) is 0.667. The minimum atomic E-state index is -0.641. The highest BCUT2D eigenvalue weighted by Gasteiger charge is 2.48. The van der Waals surface area contributed by atoms with E-state index in [0.29, 0.717) is 5.89 Å². The number of hydroxylamine groups is 2. The topological polar surface area (TPSA) is 61.9 Å². The summed E-state index contributed by atoms with van der Waals surface area (Å²) in [5, 5.41) is 11.4. The maximum absolute atomic E-state index is 10.2. The Morgan fingerprint density at radius 3 is 2.12 bits per heavy atom. The van der Waals surface area contributed by atoms with Crippen molar-refractivity contribution >= 4 is 5.71 Å². The summed E-state index contributed by atoms with van der Waals surface area (Å²) in [5.41, 5.74) is 0.284. The van der Waals surface area contributed by atoms with E-state index < -0.39 is 11.2 Å². The van der Waals surface area contributed by atoms with Crippen molar-refractivity contribution in [1.82, 2.24) is 10.0 Å². The Morgan fingerprint density at radius 1 is 1.18 bits per heavy atom. The Bertz CT molecular complexity index is 486. The highest BCUT2D eigenvalue weighted by molar-refractivity contribution is 6.07. The molecule has 0 saturated carbocycles. The van der Waals surface area contributed by atoms with Gasteiger partial charge in [0, 0.05) is 6.92 Å². The second-order valence-corrected chi connectivity index (χ2v) is 5.46. The maximum Gasteiger partial charge on any atom is 0.191 e. The van der Waals surface area contributed by atoms with Gasteiger partial charge in [-0.3, -0.25) is 4.99 Å². The monoisotopic (exact) mass is 237 g/mol. The number of oxazole rings is 1. The van der Waals surface area contributed by atoms with Crippen molar-refractivity contribution in [3.8, 4) is 0 Å². The van der Waals surface area contributed by atoms with Gasteiger partial charge in [0.25, 0.3) is 0 Å². The molecule has 0 aromatic carbocycles. The molecule has 1 aromatic heterocycles. The number of aromatic nitrogens is 1. The quantitative estimate of drug-likeness (QED) is 0.814. The molecule has 5 nitrogen and oxygen atoms in total. The van der Waals surface area contributed by atoms with Crippen LogP contribution in [0.4, 0.5) is 0 Å².